The Kier molecular flexibility index (Phi) is 3.74. The van der Waals surface area contributed by atoms with Crippen LogP contribution in [0.2, 0.25) is 0 Å². The van der Waals surface area contributed by atoms with E-state index >= 15 is 0 Å². The topological polar surface area (TPSA) is 62.5 Å². The van der Waals surface area contributed by atoms with E-state index in [-0.39, 0.29) is 6.03 Å². The summed E-state index contributed by atoms with van der Waals surface area (Å²) in [6, 6.07) is 7.68. The number of benzene rings is 1. The molecular weight excluding hydrogens is 278 g/mol. The first-order valence-electron chi connectivity index (χ1n) is 7.01. The molecule has 2 heterocycles. The lowest BCUT2D eigenvalue weighted by Gasteiger charge is -2.19. The molecule has 1 aliphatic rings. The summed E-state index contributed by atoms with van der Waals surface area (Å²) in [6.07, 6.45) is 6.76. The molecule has 0 saturated heterocycles. The number of amides is 2. The highest BCUT2D eigenvalue weighted by molar-refractivity contribution is 5.90. The predicted octanol–water partition coefficient (Wildman–Crippen LogP) is 2.88. The van der Waals surface area contributed by atoms with Gasteiger partial charge in [-0.25, -0.2) is 9.48 Å². The summed E-state index contributed by atoms with van der Waals surface area (Å²) < 4.78 is 1.73. The first-order chi connectivity index (χ1) is 10.6. The van der Waals surface area contributed by atoms with Crippen LogP contribution in [0.4, 0.5) is 10.6 Å². The van der Waals surface area contributed by atoms with Gasteiger partial charge < -0.3 is 0 Å². The SMILES string of the molecule is Cc1ccc(C)c(-n2nccc2NC(=O)N2C=CC=NC2)c1. The van der Waals surface area contributed by atoms with Gasteiger partial charge in [-0.15, -0.1) is 0 Å². The number of rotatable bonds is 2. The van der Waals surface area contributed by atoms with Crippen molar-refractivity contribution in [1.29, 1.82) is 0 Å². The van der Waals surface area contributed by atoms with Gasteiger partial charge in [-0.1, -0.05) is 12.1 Å². The van der Waals surface area contributed by atoms with Gasteiger partial charge in [0.15, 0.2) is 0 Å². The van der Waals surface area contributed by atoms with Gasteiger partial charge in [0.25, 0.3) is 0 Å². The number of nitrogens with zero attached hydrogens (tertiary/aromatic N) is 4. The largest absolute Gasteiger partial charge is 0.328 e. The fraction of sp³-hybridized carbons (Fsp3) is 0.188. The lowest BCUT2D eigenvalue weighted by molar-refractivity contribution is 0.229. The van der Waals surface area contributed by atoms with Crippen LogP contribution >= 0.6 is 0 Å². The molecule has 1 aliphatic heterocycles. The van der Waals surface area contributed by atoms with E-state index in [1.165, 1.54) is 4.90 Å². The molecule has 3 rings (SSSR count). The molecule has 1 aromatic heterocycles. The van der Waals surface area contributed by atoms with Crippen molar-refractivity contribution >= 4 is 18.1 Å². The minimum absolute atomic E-state index is 0.236. The Morgan fingerprint density at radius 2 is 2.14 bits per heavy atom. The van der Waals surface area contributed by atoms with Crippen molar-refractivity contribution in [2.75, 3.05) is 12.0 Å². The molecule has 2 aromatic rings. The number of carbonyl (C=O) groups is 1. The van der Waals surface area contributed by atoms with E-state index in [0.717, 1.165) is 16.8 Å². The molecule has 0 aliphatic carbocycles. The van der Waals surface area contributed by atoms with E-state index in [1.54, 1.807) is 35.4 Å². The zero-order valence-corrected chi connectivity index (χ0v) is 12.5. The molecule has 2 amide bonds. The lowest BCUT2D eigenvalue weighted by atomic mass is 10.1. The van der Waals surface area contributed by atoms with Gasteiger partial charge in [0.2, 0.25) is 0 Å². The van der Waals surface area contributed by atoms with Crippen molar-refractivity contribution in [3.8, 4) is 5.69 Å². The van der Waals surface area contributed by atoms with Gasteiger partial charge in [-0.05, 0) is 37.1 Å². The van der Waals surface area contributed by atoms with Gasteiger partial charge in [0, 0.05) is 18.5 Å². The smallest absolute Gasteiger partial charge is 0.292 e. The Bertz CT molecular complexity index is 760. The van der Waals surface area contributed by atoms with E-state index in [1.807, 2.05) is 26.0 Å². The van der Waals surface area contributed by atoms with Crippen LogP contribution in [0.1, 0.15) is 11.1 Å². The number of aromatic nitrogens is 2. The number of hydrogen-bond acceptors (Lipinski definition) is 3. The molecule has 6 nitrogen and oxygen atoms in total. The predicted molar refractivity (Wildman–Crippen MR) is 86.4 cm³/mol. The summed E-state index contributed by atoms with van der Waals surface area (Å²) in [6.45, 7) is 4.37. The quantitative estimate of drug-likeness (QED) is 0.926. The maximum atomic E-state index is 12.2. The molecule has 1 aromatic carbocycles. The molecule has 0 radical (unpaired) electrons. The third kappa shape index (κ3) is 2.76. The molecule has 0 unspecified atom stereocenters. The minimum atomic E-state index is -0.236. The van der Waals surface area contributed by atoms with Crippen LogP contribution in [-0.2, 0) is 0 Å². The Hall–Kier alpha value is -2.89. The number of carbonyl (C=O) groups excluding carboxylic acids is 1. The summed E-state index contributed by atoms with van der Waals surface area (Å²) in [5.74, 6) is 0.627. The van der Waals surface area contributed by atoms with E-state index in [2.05, 4.69) is 21.5 Å². The summed E-state index contributed by atoms with van der Waals surface area (Å²) >= 11 is 0. The normalized spacial score (nSPS) is 13.5. The highest BCUT2D eigenvalue weighted by atomic mass is 16.2. The second kappa shape index (κ2) is 5.85. The van der Waals surface area contributed by atoms with Crippen molar-refractivity contribution < 1.29 is 4.79 Å². The average Bonchev–Trinajstić information content (AvgIpc) is 2.98. The Morgan fingerprint density at radius 1 is 1.27 bits per heavy atom. The van der Waals surface area contributed by atoms with Gasteiger partial charge in [0.05, 0.1) is 11.9 Å². The monoisotopic (exact) mass is 295 g/mol. The van der Waals surface area contributed by atoms with Crippen LogP contribution in [0, 0.1) is 13.8 Å². The zero-order chi connectivity index (χ0) is 15.5. The first kappa shape index (κ1) is 14.1. The number of nitrogens with one attached hydrogen (secondary N) is 1. The van der Waals surface area contributed by atoms with E-state index in [0.29, 0.717) is 12.5 Å². The van der Waals surface area contributed by atoms with Crippen molar-refractivity contribution in [1.82, 2.24) is 14.7 Å². The van der Waals surface area contributed by atoms with E-state index in [9.17, 15) is 4.79 Å². The Morgan fingerprint density at radius 3 is 2.91 bits per heavy atom. The minimum Gasteiger partial charge on any atom is -0.292 e. The molecule has 0 fully saturated rings. The number of aryl methyl sites for hydroxylation is 2. The molecule has 0 bridgehead atoms. The van der Waals surface area contributed by atoms with Gasteiger partial charge in [0.1, 0.15) is 12.5 Å². The van der Waals surface area contributed by atoms with Crippen molar-refractivity contribution in [3.63, 3.8) is 0 Å². The number of urea groups is 1. The fourth-order valence-corrected chi connectivity index (χ4v) is 2.24. The molecule has 0 atom stereocenters. The Labute approximate surface area is 128 Å². The summed E-state index contributed by atoms with van der Waals surface area (Å²) in [4.78, 5) is 17.8. The van der Waals surface area contributed by atoms with E-state index < -0.39 is 0 Å². The lowest BCUT2D eigenvalue weighted by Crippen LogP contribution is -2.32. The highest BCUT2D eigenvalue weighted by Crippen LogP contribution is 2.20. The van der Waals surface area contributed by atoms with Crippen LogP contribution in [0.5, 0.6) is 0 Å². The van der Waals surface area contributed by atoms with Crippen LogP contribution < -0.4 is 5.32 Å². The molecule has 0 spiro atoms. The van der Waals surface area contributed by atoms with Crippen LogP contribution in [0.15, 0.2) is 47.7 Å². The number of allylic oxidation sites excluding steroid dienone is 1. The fourth-order valence-electron chi connectivity index (χ4n) is 2.24. The maximum Gasteiger partial charge on any atom is 0.328 e. The summed E-state index contributed by atoms with van der Waals surface area (Å²) in [5.41, 5.74) is 3.18. The van der Waals surface area contributed by atoms with Crippen LogP contribution in [-0.4, -0.2) is 33.6 Å². The average molecular weight is 295 g/mol. The van der Waals surface area contributed by atoms with Crippen molar-refractivity contribution in [2.45, 2.75) is 13.8 Å². The summed E-state index contributed by atoms with van der Waals surface area (Å²) in [5, 5.41) is 7.19. The molecular formula is C16H17N5O. The number of hydrogen-bond donors (Lipinski definition) is 1. The Balaban J connectivity index is 1.86. The molecule has 22 heavy (non-hydrogen) atoms. The zero-order valence-electron chi connectivity index (χ0n) is 12.5. The highest BCUT2D eigenvalue weighted by Gasteiger charge is 2.15. The molecule has 1 N–H and O–H groups in total. The first-order valence-corrected chi connectivity index (χ1v) is 7.01. The van der Waals surface area contributed by atoms with Gasteiger partial charge in [-0.3, -0.25) is 15.2 Å². The maximum absolute atomic E-state index is 12.2. The van der Waals surface area contributed by atoms with Crippen LogP contribution in [0.25, 0.3) is 5.69 Å². The molecule has 6 heteroatoms. The second-order valence-corrected chi connectivity index (χ2v) is 5.13. The second-order valence-electron chi connectivity index (χ2n) is 5.13. The van der Waals surface area contributed by atoms with Crippen molar-refractivity contribution in [2.24, 2.45) is 4.99 Å². The van der Waals surface area contributed by atoms with Gasteiger partial charge >= 0.3 is 6.03 Å². The number of anilines is 1. The van der Waals surface area contributed by atoms with Gasteiger partial charge in [-0.2, -0.15) is 5.10 Å². The van der Waals surface area contributed by atoms with Crippen molar-refractivity contribution in [3.05, 3.63) is 53.9 Å². The standard InChI is InChI=1S/C16H17N5O/c1-12-4-5-13(2)14(10-12)21-15(6-8-18-21)19-16(22)20-9-3-7-17-11-20/h3-10H,11H2,1-2H3,(H,19,22). The molecule has 0 saturated carbocycles. The summed E-state index contributed by atoms with van der Waals surface area (Å²) in [7, 11) is 0. The van der Waals surface area contributed by atoms with E-state index in [4.69, 9.17) is 0 Å². The third-order valence-corrected chi connectivity index (χ3v) is 3.42. The van der Waals surface area contributed by atoms with Crippen LogP contribution in [0.3, 0.4) is 0 Å². The number of aliphatic imine (C=N–C) groups is 1. The molecule has 112 valence electrons. The third-order valence-electron chi connectivity index (χ3n) is 3.42.